The Labute approximate surface area is 136 Å². The normalized spacial score (nSPS) is 15.3. The first kappa shape index (κ1) is 14.1. The van der Waals surface area contributed by atoms with Crippen LogP contribution in [0.4, 0.5) is 5.13 Å². The molecule has 4 rings (SSSR count). The Bertz CT molecular complexity index is 850. The van der Waals surface area contributed by atoms with Crippen LogP contribution in [0.5, 0.6) is 0 Å². The second-order valence-corrected chi connectivity index (χ2v) is 6.58. The summed E-state index contributed by atoms with van der Waals surface area (Å²) in [5.74, 6) is 0.0306. The van der Waals surface area contributed by atoms with Gasteiger partial charge in [0, 0.05) is 31.7 Å². The van der Waals surface area contributed by atoms with Crippen molar-refractivity contribution >= 4 is 33.5 Å². The molecule has 0 N–H and O–H groups in total. The zero-order valence-corrected chi connectivity index (χ0v) is 13.4. The maximum Gasteiger partial charge on any atom is 0.254 e. The Kier molecular flexibility index (Phi) is 3.45. The number of nitrogens with zero attached hydrogens (tertiary/aromatic N) is 5. The molecule has 1 saturated heterocycles. The summed E-state index contributed by atoms with van der Waals surface area (Å²) in [5, 5.41) is 10.1. The summed E-state index contributed by atoms with van der Waals surface area (Å²) >= 11 is 1.58. The van der Waals surface area contributed by atoms with Crippen LogP contribution in [-0.2, 0) is 0 Å². The van der Waals surface area contributed by atoms with E-state index in [0.29, 0.717) is 29.8 Å². The van der Waals surface area contributed by atoms with Crippen molar-refractivity contribution in [2.75, 3.05) is 31.1 Å². The lowest BCUT2D eigenvalue weighted by Gasteiger charge is -2.34. The van der Waals surface area contributed by atoms with Crippen LogP contribution in [0.3, 0.4) is 0 Å². The van der Waals surface area contributed by atoms with Gasteiger partial charge >= 0.3 is 0 Å². The summed E-state index contributed by atoms with van der Waals surface area (Å²) in [6.07, 6.45) is 1.39. The Morgan fingerprint density at radius 3 is 2.78 bits per heavy atom. The highest BCUT2D eigenvalue weighted by molar-refractivity contribution is 7.15. The predicted molar refractivity (Wildman–Crippen MR) is 86.8 cm³/mol. The number of carbonyl (C=O) groups excluding carboxylic acids is 1. The lowest BCUT2D eigenvalue weighted by atomic mass is 10.1. The van der Waals surface area contributed by atoms with Gasteiger partial charge in [-0.05, 0) is 25.1 Å². The van der Waals surface area contributed by atoms with Gasteiger partial charge in [0.2, 0.25) is 5.13 Å². The SMILES string of the molecule is Cc1nnc(N2CCN(C(=O)c3ccc4ocnc4c3)CC2)s1. The molecule has 0 atom stereocenters. The van der Waals surface area contributed by atoms with Crippen molar-refractivity contribution in [1.29, 1.82) is 0 Å². The molecule has 3 aromatic rings. The van der Waals surface area contributed by atoms with Gasteiger partial charge in [0.05, 0.1) is 0 Å². The number of hydrogen-bond acceptors (Lipinski definition) is 7. The number of amides is 1. The van der Waals surface area contributed by atoms with Gasteiger partial charge in [0.25, 0.3) is 5.91 Å². The van der Waals surface area contributed by atoms with Crippen molar-refractivity contribution < 1.29 is 9.21 Å². The Morgan fingerprint density at radius 2 is 2.04 bits per heavy atom. The minimum absolute atomic E-state index is 0.0306. The zero-order chi connectivity index (χ0) is 15.8. The average Bonchev–Trinajstić information content (AvgIpc) is 3.22. The summed E-state index contributed by atoms with van der Waals surface area (Å²) in [6.45, 7) is 4.84. The number of carbonyl (C=O) groups is 1. The van der Waals surface area contributed by atoms with E-state index in [4.69, 9.17) is 4.42 Å². The summed E-state index contributed by atoms with van der Waals surface area (Å²) < 4.78 is 5.21. The first-order chi connectivity index (χ1) is 11.2. The third kappa shape index (κ3) is 2.65. The number of rotatable bonds is 2. The highest BCUT2D eigenvalue weighted by atomic mass is 32.1. The first-order valence-electron chi connectivity index (χ1n) is 7.38. The van der Waals surface area contributed by atoms with Gasteiger partial charge in [-0.1, -0.05) is 11.3 Å². The molecule has 23 heavy (non-hydrogen) atoms. The zero-order valence-electron chi connectivity index (χ0n) is 12.6. The van der Waals surface area contributed by atoms with Crippen molar-refractivity contribution in [1.82, 2.24) is 20.1 Å². The van der Waals surface area contributed by atoms with E-state index in [1.807, 2.05) is 11.8 Å². The quantitative estimate of drug-likeness (QED) is 0.715. The Balaban J connectivity index is 1.46. The molecule has 3 heterocycles. The molecular weight excluding hydrogens is 314 g/mol. The van der Waals surface area contributed by atoms with Crippen LogP contribution in [0.1, 0.15) is 15.4 Å². The topological polar surface area (TPSA) is 75.4 Å². The maximum atomic E-state index is 12.6. The summed E-state index contributed by atoms with van der Waals surface area (Å²) in [6, 6.07) is 5.35. The van der Waals surface area contributed by atoms with Crippen LogP contribution in [0.2, 0.25) is 0 Å². The van der Waals surface area contributed by atoms with E-state index < -0.39 is 0 Å². The van der Waals surface area contributed by atoms with Crippen LogP contribution in [0.25, 0.3) is 11.1 Å². The molecule has 0 spiro atoms. The molecule has 1 aliphatic rings. The van der Waals surface area contributed by atoms with E-state index >= 15 is 0 Å². The molecule has 1 aliphatic heterocycles. The molecule has 0 radical (unpaired) electrons. The molecule has 0 aliphatic carbocycles. The molecule has 1 fully saturated rings. The van der Waals surface area contributed by atoms with Gasteiger partial charge in [0.15, 0.2) is 12.0 Å². The van der Waals surface area contributed by atoms with Crippen LogP contribution < -0.4 is 4.90 Å². The lowest BCUT2D eigenvalue weighted by Crippen LogP contribution is -2.48. The highest BCUT2D eigenvalue weighted by Gasteiger charge is 2.24. The molecule has 2 aromatic heterocycles. The number of oxazole rings is 1. The lowest BCUT2D eigenvalue weighted by molar-refractivity contribution is 0.0747. The van der Waals surface area contributed by atoms with Crippen molar-refractivity contribution in [2.24, 2.45) is 0 Å². The van der Waals surface area contributed by atoms with Crippen molar-refractivity contribution in [3.63, 3.8) is 0 Å². The van der Waals surface area contributed by atoms with Crippen LogP contribution in [0.15, 0.2) is 29.0 Å². The molecule has 0 saturated carbocycles. The second kappa shape index (κ2) is 5.62. The Hall–Kier alpha value is -2.48. The van der Waals surface area contributed by atoms with Crippen molar-refractivity contribution in [3.05, 3.63) is 35.2 Å². The van der Waals surface area contributed by atoms with E-state index in [9.17, 15) is 4.79 Å². The average molecular weight is 329 g/mol. The minimum Gasteiger partial charge on any atom is -0.443 e. The van der Waals surface area contributed by atoms with Gasteiger partial charge in [0.1, 0.15) is 10.5 Å². The number of aryl methyl sites for hydroxylation is 1. The van der Waals surface area contributed by atoms with Gasteiger partial charge in [-0.15, -0.1) is 10.2 Å². The van der Waals surface area contributed by atoms with E-state index in [0.717, 1.165) is 23.2 Å². The summed E-state index contributed by atoms with van der Waals surface area (Å²) in [4.78, 5) is 20.8. The number of anilines is 1. The number of aromatic nitrogens is 3. The van der Waals surface area contributed by atoms with E-state index in [1.165, 1.54) is 6.39 Å². The van der Waals surface area contributed by atoms with E-state index in [-0.39, 0.29) is 5.91 Å². The molecule has 118 valence electrons. The number of fused-ring (bicyclic) bond motifs is 1. The van der Waals surface area contributed by atoms with Crippen molar-refractivity contribution in [2.45, 2.75) is 6.92 Å². The third-order valence-corrected chi connectivity index (χ3v) is 4.83. The molecule has 0 bridgehead atoms. The van der Waals surface area contributed by atoms with E-state index in [2.05, 4.69) is 20.1 Å². The summed E-state index contributed by atoms with van der Waals surface area (Å²) in [5.41, 5.74) is 2.04. The van der Waals surface area contributed by atoms with Gasteiger partial charge < -0.3 is 14.2 Å². The molecular formula is C15H15N5O2S. The minimum atomic E-state index is 0.0306. The second-order valence-electron chi connectivity index (χ2n) is 5.42. The third-order valence-electron chi connectivity index (χ3n) is 3.93. The first-order valence-corrected chi connectivity index (χ1v) is 8.20. The highest BCUT2D eigenvalue weighted by Crippen LogP contribution is 2.22. The largest absolute Gasteiger partial charge is 0.443 e. The molecule has 1 aromatic carbocycles. The fraction of sp³-hybridized carbons (Fsp3) is 0.333. The fourth-order valence-corrected chi connectivity index (χ4v) is 3.43. The number of piperazine rings is 1. The Morgan fingerprint density at radius 1 is 1.22 bits per heavy atom. The predicted octanol–water partition coefficient (Wildman–Crippen LogP) is 1.95. The fourth-order valence-electron chi connectivity index (χ4n) is 2.69. The maximum absolute atomic E-state index is 12.6. The standard InChI is InChI=1S/C15H15N5O2S/c1-10-17-18-15(23-10)20-6-4-19(5-7-20)14(21)11-2-3-13-12(8-11)16-9-22-13/h2-3,8-9H,4-7H2,1H3. The van der Waals surface area contributed by atoms with Crippen molar-refractivity contribution in [3.8, 4) is 0 Å². The molecule has 0 unspecified atom stereocenters. The van der Waals surface area contributed by atoms with Crippen LogP contribution in [-0.4, -0.2) is 52.2 Å². The molecule has 8 heteroatoms. The number of hydrogen-bond donors (Lipinski definition) is 0. The summed E-state index contributed by atoms with van der Waals surface area (Å²) in [7, 11) is 0. The smallest absolute Gasteiger partial charge is 0.254 e. The van der Waals surface area contributed by atoms with Gasteiger partial charge in [-0.3, -0.25) is 4.79 Å². The van der Waals surface area contributed by atoms with Crippen LogP contribution >= 0.6 is 11.3 Å². The van der Waals surface area contributed by atoms with Gasteiger partial charge in [-0.25, -0.2) is 4.98 Å². The molecule has 7 nitrogen and oxygen atoms in total. The van der Waals surface area contributed by atoms with Crippen LogP contribution in [0, 0.1) is 6.92 Å². The van der Waals surface area contributed by atoms with E-state index in [1.54, 1.807) is 29.5 Å². The van der Waals surface area contributed by atoms with Gasteiger partial charge in [-0.2, -0.15) is 0 Å². The number of benzene rings is 1. The monoisotopic (exact) mass is 329 g/mol. The molecule has 1 amide bonds.